The molecule has 3 rings (SSSR count). The maximum absolute atomic E-state index is 5.98. The summed E-state index contributed by atoms with van der Waals surface area (Å²) >= 11 is 23.8. The second-order valence-corrected chi connectivity index (χ2v) is 5.26. The lowest BCUT2D eigenvalue weighted by atomic mass is 10.6. The molecule has 86 valence electrons. The number of fused-ring (bicyclic) bond motifs is 3. The van der Waals surface area contributed by atoms with Crippen LogP contribution in [0.15, 0.2) is 28.7 Å². The van der Waals surface area contributed by atoms with Crippen LogP contribution >= 0.6 is 46.4 Å². The zero-order valence-corrected chi connectivity index (χ0v) is 11.3. The molecule has 17 heavy (non-hydrogen) atoms. The van der Waals surface area contributed by atoms with E-state index >= 15 is 0 Å². The number of rotatable bonds is 0. The molecule has 0 radical (unpaired) electrons. The van der Waals surface area contributed by atoms with Crippen molar-refractivity contribution >= 4 is 68.3 Å². The fourth-order valence-corrected chi connectivity index (χ4v) is 2.40. The third-order valence-electron chi connectivity index (χ3n) is 2.56. The van der Waals surface area contributed by atoms with Gasteiger partial charge in [0.05, 0.1) is 20.1 Å². The largest absolute Gasteiger partial charge is 0.456 e. The van der Waals surface area contributed by atoms with Crippen LogP contribution in [0.2, 0.25) is 20.1 Å². The molecule has 1 aromatic heterocycles. The molecule has 0 saturated heterocycles. The summed E-state index contributed by atoms with van der Waals surface area (Å²) in [5, 5.41) is 3.60. The second-order valence-electron chi connectivity index (χ2n) is 3.63. The zero-order chi connectivity index (χ0) is 12.2. The topological polar surface area (TPSA) is 13.1 Å². The fraction of sp³-hybridized carbons (Fsp3) is 0. The highest BCUT2D eigenvalue weighted by atomic mass is 35.5. The molecule has 0 N–H and O–H groups in total. The summed E-state index contributed by atoms with van der Waals surface area (Å²) < 4.78 is 5.64. The summed E-state index contributed by atoms with van der Waals surface area (Å²) in [4.78, 5) is 0. The Morgan fingerprint density at radius 2 is 0.941 bits per heavy atom. The summed E-state index contributed by atoms with van der Waals surface area (Å²) in [5.74, 6) is 0. The first-order valence-corrected chi connectivity index (χ1v) is 6.24. The summed E-state index contributed by atoms with van der Waals surface area (Å²) in [7, 11) is 0. The maximum Gasteiger partial charge on any atom is 0.137 e. The van der Waals surface area contributed by atoms with Crippen LogP contribution in [0, 0.1) is 0 Å². The van der Waals surface area contributed by atoms with Crippen LogP contribution in [-0.4, -0.2) is 0 Å². The second kappa shape index (κ2) is 3.96. The average Bonchev–Trinajstić information content (AvgIpc) is 2.58. The van der Waals surface area contributed by atoms with Crippen molar-refractivity contribution < 1.29 is 4.42 Å². The van der Waals surface area contributed by atoms with Crippen LogP contribution in [0.3, 0.4) is 0 Å². The van der Waals surface area contributed by atoms with Crippen LogP contribution in [0.4, 0.5) is 0 Å². The zero-order valence-electron chi connectivity index (χ0n) is 8.23. The molecular weight excluding hydrogens is 310 g/mol. The van der Waals surface area contributed by atoms with Crippen molar-refractivity contribution in [2.24, 2.45) is 0 Å². The lowest BCUT2D eigenvalue weighted by Gasteiger charge is -1.95. The number of hydrogen-bond donors (Lipinski definition) is 0. The van der Waals surface area contributed by atoms with Gasteiger partial charge in [-0.15, -0.1) is 0 Å². The highest BCUT2D eigenvalue weighted by Gasteiger charge is 2.12. The highest BCUT2D eigenvalue weighted by Crippen LogP contribution is 2.37. The molecule has 0 saturated carbocycles. The maximum atomic E-state index is 5.98. The Balaban J connectivity index is 2.51. The Hall–Kier alpha value is -0.600. The third-order valence-corrected chi connectivity index (χ3v) is 4.00. The van der Waals surface area contributed by atoms with Gasteiger partial charge in [0.15, 0.2) is 0 Å². The molecule has 1 heterocycles. The van der Waals surface area contributed by atoms with Gasteiger partial charge >= 0.3 is 0 Å². The minimum atomic E-state index is 0.454. The number of hydrogen-bond acceptors (Lipinski definition) is 1. The Morgan fingerprint density at radius 3 is 1.35 bits per heavy atom. The van der Waals surface area contributed by atoms with Crippen molar-refractivity contribution in [3.8, 4) is 0 Å². The molecule has 0 bridgehead atoms. The Bertz CT molecular complexity index is 683. The predicted molar refractivity (Wildman–Crippen MR) is 73.8 cm³/mol. The van der Waals surface area contributed by atoms with E-state index in [4.69, 9.17) is 50.8 Å². The van der Waals surface area contributed by atoms with Gasteiger partial charge in [-0.25, -0.2) is 0 Å². The van der Waals surface area contributed by atoms with E-state index in [2.05, 4.69) is 0 Å². The van der Waals surface area contributed by atoms with Crippen molar-refractivity contribution in [1.82, 2.24) is 0 Å². The van der Waals surface area contributed by atoms with Crippen LogP contribution in [0.5, 0.6) is 0 Å². The minimum Gasteiger partial charge on any atom is -0.456 e. The molecule has 0 fully saturated rings. The van der Waals surface area contributed by atoms with Crippen molar-refractivity contribution in [1.29, 1.82) is 0 Å². The van der Waals surface area contributed by atoms with Crippen LogP contribution in [0.25, 0.3) is 21.9 Å². The van der Waals surface area contributed by atoms with Gasteiger partial charge in [0.25, 0.3) is 0 Å². The van der Waals surface area contributed by atoms with Crippen LogP contribution in [0.1, 0.15) is 0 Å². The van der Waals surface area contributed by atoms with Crippen molar-refractivity contribution in [3.05, 3.63) is 44.4 Å². The van der Waals surface area contributed by atoms with Gasteiger partial charge < -0.3 is 4.42 Å². The predicted octanol–water partition coefficient (Wildman–Crippen LogP) is 6.20. The molecule has 0 spiro atoms. The van der Waals surface area contributed by atoms with Gasteiger partial charge in [0, 0.05) is 22.9 Å². The molecule has 1 nitrogen and oxygen atoms in total. The van der Waals surface area contributed by atoms with E-state index in [0.29, 0.717) is 31.3 Å². The van der Waals surface area contributed by atoms with E-state index in [1.54, 1.807) is 24.3 Å². The van der Waals surface area contributed by atoms with Gasteiger partial charge in [-0.3, -0.25) is 0 Å². The van der Waals surface area contributed by atoms with Gasteiger partial charge in [-0.1, -0.05) is 46.4 Å². The molecule has 0 atom stereocenters. The molecule has 2 aromatic carbocycles. The lowest BCUT2D eigenvalue weighted by Crippen LogP contribution is -1.71. The van der Waals surface area contributed by atoms with Gasteiger partial charge in [-0.05, 0) is 12.1 Å². The quantitative estimate of drug-likeness (QED) is 0.481. The lowest BCUT2D eigenvalue weighted by molar-refractivity contribution is 0.669. The highest BCUT2D eigenvalue weighted by molar-refractivity contribution is 6.44. The minimum absolute atomic E-state index is 0.454. The standard InChI is InChI=1S/C12H4Cl4O/c13-7-1-5-6-2-8(14)10(16)4-12(6)17-11(5)3-9(7)15/h1-4H/i1+1,2+1,5+1,6+1,7+1,8+1,9+1,11+1. The van der Waals surface area contributed by atoms with Crippen molar-refractivity contribution in [2.75, 3.05) is 0 Å². The van der Waals surface area contributed by atoms with Gasteiger partial charge in [0.1, 0.15) is 11.2 Å². The van der Waals surface area contributed by atoms with Gasteiger partial charge in [-0.2, -0.15) is 0 Å². The first-order valence-electron chi connectivity index (χ1n) is 4.72. The van der Waals surface area contributed by atoms with Crippen LogP contribution in [-0.2, 0) is 0 Å². The molecule has 5 heteroatoms. The summed E-state index contributed by atoms with van der Waals surface area (Å²) in [6.07, 6.45) is 0. The number of halogens is 4. The van der Waals surface area contributed by atoms with E-state index in [1.807, 2.05) is 0 Å². The van der Waals surface area contributed by atoms with E-state index < -0.39 is 0 Å². The number of benzene rings is 2. The average molecular weight is 314 g/mol. The third kappa shape index (κ3) is 1.78. The van der Waals surface area contributed by atoms with Crippen molar-refractivity contribution in [3.63, 3.8) is 0 Å². The van der Waals surface area contributed by atoms with Crippen molar-refractivity contribution in [2.45, 2.75) is 0 Å². The Kier molecular flexibility index (Phi) is 2.68. The van der Waals surface area contributed by atoms with E-state index in [0.717, 1.165) is 10.8 Å². The fourth-order valence-electron chi connectivity index (χ4n) is 1.77. The van der Waals surface area contributed by atoms with E-state index in [1.165, 1.54) is 0 Å². The Labute approximate surface area is 117 Å². The Morgan fingerprint density at radius 1 is 0.588 bits per heavy atom. The first kappa shape index (κ1) is 11.5. The molecule has 0 amide bonds. The summed E-state index contributed by atoms with van der Waals surface area (Å²) in [5.41, 5.74) is 1.32. The first-order chi connectivity index (χ1) is 8.06. The van der Waals surface area contributed by atoms with Gasteiger partial charge in [0.2, 0.25) is 0 Å². The normalized spacial score (nSPS) is 11.5. The molecule has 0 unspecified atom stereocenters. The van der Waals surface area contributed by atoms with E-state index in [9.17, 15) is 0 Å². The smallest absolute Gasteiger partial charge is 0.137 e. The number of furan rings is 1. The van der Waals surface area contributed by atoms with E-state index in [-0.39, 0.29) is 0 Å². The molecular formula is C12H4Cl4O. The SMILES string of the molecule is Clc1cc2o[13c]3c[13c](Cl)[13c](Cl)[13cH][13c]3[13c]2[13cH][13c]1Cl. The molecule has 3 aromatic rings. The monoisotopic (exact) mass is 312 g/mol. The summed E-state index contributed by atoms with van der Waals surface area (Å²) in [6, 6.07) is 6.88. The molecule has 0 aliphatic rings. The summed E-state index contributed by atoms with van der Waals surface area (Å²) in [6.45, 7) is 0. The molecule has 0 aliphatic carbocycles. The molecule has 0 aliphatic heterocycles. The van der Waals surface area contributed by atoms with Crippen LogP contribution < -0.4 is 0 Å².